The van der Waals surface area contributed by atoms with Crippen molar-refractivity contribution in [2.75, 3.05) is 23.8 Å². The molecule has 6 rings (SSSR count). The summed E-state index contributed by atoms with van der Waals surface area (Å²) in [5.41, 5.74) is 3.60. The van der Waals surface area contributed by atoms with Crippen molar-refractivity contribution in [2.24, 2.45) is 0 Å². The lowest BCUT2D eigenvalue weighted by atomic mass is 9.99. The van der Waals surface area contributed by atoms with E-state index in [1.54, 1.807) is 30.7 Å². The molecule has 0 spiro atoms. The minimum absolute atomic E-state index is 0.00367. The zero-order valence-corrected chi connectivity index (χ0v) is 24.2. The third-order valence-corrected chi connectivity index (χ3v) is 7.51. The van der Waals surface area contributed by atoms with Crippen LogP contribution in [-0.2, 0) is 5.54 Å². The molecule has 0 radical (unpaired) electrons. The Kier molecular flexibility index (Phi) is 7.56. The third-order valence-electron chi connectivity index (χ3n) is 7.51. The number of carbonyl (C=O) groups excluding carboxylic acids is 1. The topological polar surface area (TPSA) is 142 Å². The Labute approximate surface area is 249 Å². The van der Waals surface area contributed by atoms with Crippen molar-refractivity contribution in [3.8, 4) is 22.9 Å². The van der Waals surface area contributed by atoms with Crippen LogP contribution in [0.1, 0.15) is 54.8 Å². The van der Waals surface area contributed by atoms with Gasteiger partial charge in [0.05, 0.1) is 46.3 Å². The van der Waals surface area contributed by atoms with Crippen molar-refractivity contribution in [1.29, 1.82) is 0 Å². The molecule has 11 heteroatoms. The van der Waals surface area contributed by atoms with Gasteiger partial charge in [0.2, 0.25) is 5.89 Å². The van der Waals surface area contributed by atoms with E-state index in [1.807, 2.05) is 67.3 Å². The van der Waals surface area contributed by atoms with Crippen LogP contribution in [0.3, 0.4) is 0 Å². The molecule has 11 nitrogen and oxygen atoms in total. The minimum Gasteiger partial charge on any atom is -0.416 e. The third kappa shape index (κ3) is 5.42. The van der Waals surface area contributed by atoms with Crippen LogP contribution in [-0.4, -0.2) is 54.2 Å². The van der Waals surface area contributed by atoms with E-state index in [0.717, 1.165) is 17.7 Å². The number of amides is 1. The van der Waals surface area contributed by atoms with Crippen molar-refractivity contribution in [1.82, 2.24) is 30.0 Å². The molecule has 0 unspecified atom stereocenters. The predicted octanol–water partition coefficient (Wildman–Crippen LogP) is 5.58. The smallest absolute Gasteiger partial charge is 0.256 e. The fourth-order valence-corrected chi connectivity index (χ4v) is 5.29. The number of pyridine rings is 3. The van der Waals surface area contributed by atoms with Crippen molar-refractivity contribution in [3.05, 3.63) is 96.1 Å². The Bertz CT molecular complexity index is 1740. The number of fused-ring (bicyclic) bond motifs is 1. The van der Waals surface area contributed by atoms with Gasteiger partial charge in [0, 0.05) is 31.2 Å². The number of aliphatic hydroxyl groups is 1. The predicted molar refractivity (Wildman–Crippen MR) is 163 cm³/mol. The molecular weight excluding hydrogens is 544 g/mol. The standard InChI is InChI=1S/C32H32N8O3/c1-4-15-40-31(42)22-12-13-26(37-28(22)32(40,2)3)36-27-16-24(35-25(19-41)20-9-6-5-7-10-20)23(18-34-27)30-39-38-29(43-30)21-11-8-14-33-17-21/h5-14,16-18,25,41H,4,15,19H2,1-3H3,(H2,34,35,36,37)/t25-/m1/s1. The van der Waals surface area contributed by atoms with E-state index in [4.69, 9.17) is 9.40 Å². The molecule has 1 aliphatic heterocycles. The van der Waals surface area contributed by atoms with Crippen LogP contribution in [0.5, 0.6) is 0 Å². The zero-order valence-electron chi connectivity index (χ0n) is 24.2. The Morgan fingerprint density at radius 2 is 1.79 bits per heavy atom. The summed E-state index contributed by atoms with van der Waals surface area (Å²) in [4.78, 5) is 28.5. The largest absolute Gasteiger partial charge is 0.416 e. The van der Waals surface area contributed by atoms with Crippen LogP contribution in [0.2, 0.25) is 0 Å². The second-order valence-electron chi connectivity index (χ2n) is 10.8. The van der Waals surface area contributed by atoms with E-state index in [1.165, 1.54) is 0 Å². The summed E-state index contributed by atoms with van der Waals surface area (Å²) < 4.78 is 6.01. The summed E-state index contributed by atoms with van der Waals surface area (Å²) in [6.45, 7) is 6.60. The average molecular weight is 577 g/mol. The van der Waals surface area contributed by atoms with Crippen LogP contribution >= 0.6 is 0 Å². The first-order valence-electron chi connectivity index (χ1n) is 14.2. The lowest BCUT2D eigenvalue weighted by molar-refractivity contribution is 0.0615. The molecule has 5 heterocycles. The van der Waals surface area contributed by atoms with Crippen molar-refractivity contribution in [3.63, 3.8) is 0 Å². The lowest BCUT2D eigenvalue weighted by Crippen LogP contribution is -2.39. The SMILES string of the molecule is CCCN1C(=O)c2ccc(Nc3cc(N[C@H](CO)c4ccccc4)c(-c4nnc(-c5cccnc5)o4)cn3)nc2C1(C)C. The second kappa shape index (κ2) is 11.6. The number of benzene rings is 1. The number of anilines is 3. The molecule has 0 saturated carbocycles. The first-order chi connectivity index (χ1) is 20.9. The van der Waals surface area contributed by atoms with Crippen LogP contribution in [0.4, 0.5) is 17.3 Å². The number of aromatic nitrogens is 5. The Hall–Kier alpha value is -5.16. The Morgan fingerprint density at radius 1 is 0.977 bits per heavy atom. The number of aliphatic hydroxyl groups excluding tert-OH is 1. The maximum absolute atomic E-state index is 13.0. The van der Waals surface area contributed by atoms with E-state index < -0.39 is 11.6 Å². The van der Waals surface area contributed by atoms with Gasteiger partial charge in [0.25, 0.3) is 11.8 Å². The minimum atomic E-state index is -0.530. The highest BCUT2D eigenvalue weighted by Gasteiger charge is 2.43. The van der Waals surface area contributed by atoms with Crippen molar-refractivity contribution >= 4 is 23.2 Å². The molecule has 0 saturated heterocycles. The summed E-state index contributed by atoms with van der Waals surface area (Å²) in [5, 5.41) is 25.5. The first kappa shape index (κ1) is 28.0. The molecule has 3 N–H and O–H groups in total. The molecule has 4 aromatic heterocycles. The van der Waals surface area contributed by atoms with Gasteiger partial charge in [-0.25, -0.2) is 9.97 Å². The van der Waals surface area contributed by atoms with Crippen LogP contribution in [0, 0.1) is 0 Å². The summed E-state index contributed by atoms with van der Waals surface area (Å²) in [7, 11) is 0. The van der Waals surface area contributed by atoms with Gasteiger partial charge in [0.1, 0.15) is 11.6 Å². The molecule has 0 aliphatic carbocycles. The van der Waals surface area contributed by atoms with Gasteiger partial charge in [-0.05, 0) is 50.1 Å². The quantitative estimate of drug-likeness (QED) is 0.193. The molecule has 1 atom stereocenters. The van der Waals surface area contributed by atoms with Gasteiger partial charge in [-0.2, -0.15) is 0 Å². The molecule has 0 fully saturated rings. The highest BCUT2D eigenvalue weighted by atomic mass is 16.4. The van der Waals surface area contributed by atoms with Crippen molar-refractivity contribution < 1.29 is 14.3 Å². The summed E-state index contributed by atoms with van der Waals surface area (Å²) in [6, 6.07) is 18.3. The van der Waals surface area contributed by atoms with Crippen LogP contribution < -0.4 is 10.6 Å². The fraction of sp³-hybridized carbons (Fsp3) is 0.250. The first-order valence-corrected chi connectivity index (χ1v) is 14.2. The van der Waals surface area contributed by atoms with Gasteiger partial charge in [-0.15, -0.1) is 10.2 Å². The van der Waals surface area contributed by atoms with E-state index in [2.05, 4.69) is 37.7 Å². The van der Waals surface area contributed by atoms with Gasteiger partial charge < -0.3 is 25.1 Å². The Morgan fingerprint density at radius 3 is 2.53 bits per heavy atom. The van der Waals surface area contributed by atoms with Crippen molar-refractivity contribution in [2.45, 2.75) is 38.8 Å². The molecule has 1 amide bonds. The highest BCUT2D eigenvalue weighted by molar-refractivity contribution is 5.99. The number of hydrogen-bond donors (Lipinski definition) is 3. The van der Waals surface area contributed by atoms with E-state index >= 15 is 0 Å². The number of carbonyl (C=O) groups is 1. The molecule has 43 heavy (non-hydrogen) atoms. The monoisotopic (exact) mass is 576 g/mol. The summed E-state index contributed by atoms with van der Waals surface area (Å²) >= 11 is 0. The molecule has 0 bridgehead atoms. The lowest BCUT2D eigenvalue weighted by Gasteiger charge is -2.31. The number of nitrogens with one attached hydrogen (secondary N) is 2. The van der Waals surface area contributed by atoms with Crippen LogP contribution in [0.25, 0.3) is 22.9 Å². The molecule has 5 aromatic rings. The molecule has 1 aromatic carbocycles. The molecular formula is C32H32N8O3. The van der Waals surface area contributed by atoms with Crippen LogP contribution in [0.15, 0.2) is 83.7 Å². The van der Waals surface area contributed by atoms with E-state index in [0.29, 0.717) is 46.4 Å². The highest BCUT2D eigenvalue weighted by Crippen LogP contribution is 2.39. The average Bonchev–Trinajstić information content (AvgIpc) is 3.59. The molecule has 218 valence electrons. The van der Waals surface area contributed by atoms with Gasteiger partial charge in [0.15, 0.2) is 0 Å². The normalized spacial score (nSPS) is 14.4. The maximum atomic E-state index is 13.0. The maximum Gasteiger partial charge on any atom is 0.256 e. The molecule has 1 aliphatic rings. The number of nitrogens with zero attached hydrogens (tertiary/aromatic N) is 6. The van der Waals surface area contributed by atoms with E-state index in [-0.39, 0.29) is 18.4 Å². The fourth-order valence-electron chi connectivity index (χ4n) is 5.29. The number of hydrogen-bond acceptors (Lipinski definition) is 10. The summed E-state index contributed by atoms with van der Waals surface area (Å²) in [6.07, 6.45) is 5.82. The second-order valence-corrected chi connectivity index (χ2v) is 10.8. The van der Waals surface area contributed by atoms with E-state index in [9.17, 15) is 9.90 Å². The van der Waals surface area contributed by atoms with Gasteiger partial charge in [-0.3, -0.25) is 9.78 Å². The Balaban J connectivity index is 1.35. The number of rotatable bonds is 10. The zero-order chi connectivity index (χ0) is 30.0. The van der Waals surface area contributed by atoms with Gasteiger partial charge >= 0.3 is 0 Å². The summed E-state index contributed by atoms with van der Waals surface area (Å²) in [5.74, 6) is 1.65. The van der Waals surface area contributed by atoms with Gasteiger partial charge in [-0.1, -0.05) is 37.3 Å².